The van der Waals surface area contributed by atoms with Crippen molar-refractivity contribution >= 4 is 39.9 Å². The minimum absolute atomic E-state index is 0.0823. The van der Waals surface area contributed by atoms with E-state index in [9.17, 15) is 24.5 Å². The largest absolute Gasteiger partial charge is 0.462 e. The number of carbonyl (C=O) groups excluding carboxylic acids is 3. The van der Waals surface area contributed by atoms with Crippen LogP contribution in [-0.2, 0) is 4.74 Å². The monoisotopic (exact) mass is 390 g/mol. The van der Waals surface area contributed by atoms with Gasteiger partial charge in [-0.3, -0.25) is 19.7 Å². The van der Waals surface area contributed by atoms with Gasteiger partial charge in [0.05, 0.1) is 28.3 Å². The summed E-state index contributed by atoms with van der Waals surface area (Å²) in [5.41, 5.74) is 0.665. The number of ether oxygens (including phenoxy) is 1. The van der Waals surface area contributed by atoms with E-state index in [1.807, 2.05) is 0 Å². The molecular formula is C21H14N2O6. The van der Waals surface area contributed by atoms with Crippen LogP contribution in [0.15, 0.2) is 54.6 Å². The third-order valence-electron chi connectivity index (χ3n) is 4.68. The zero-order valence-corrected chi connectivity index (χ0v) is 15.2. The highest BCUT2D eigenvalue weighted by molar-refractivity contribution is 6.36. The van der Waals surface area contributed by atoms with Crippen molar-refractivity contribution in [3.05, 3.63) is 81.4 Å². The maximum absolute atomic E-state index is 13.1. The minimum atomic E-state index is -0.661. The molecule has 0 unspecified atom stereocenters. The molecule has 8 nitrogen and oxygen atoms in total. The van der Waals surface area contributed by atoms with Crippen LogP contribution in [0.2, 0.25) is 0 Å². The zero-order valence-electron chi connectivity index (χ0n) is 15.2. The molecular weight excluding hydrogens is 376 g/mol. The molecule has 0 saturated carbocycles. The lowest BCUT2D eigenvalue weighted by Crippen LogP contribution is -2.40. The summed E-state index contributed by atoms with van der Waals surface area (Å²) in [5, 5.41) is 12.1. The number of non-ortho nitro benzene ring substituents is 1. The number of nitro groups is 1. The molecule has 8 heteroatoms. The standard InChI is InChI=1S/C21H14N2O6/c1-2-29-21(26)12-6-8-14(9-7-12)22-19(24)16-5-3-4-13-10-15(23(27)28)11-17(18(13)16)20(22)25/h3-11H,2H2,1H3. The number of anilines is 1. The smallest absolute Gasteiger partial charge is 0.338 e. The Morgan fingerprint density at radius 1 is 1.03 bits per heavy atom. The average Bonchev–Trinajstić information content (AvgIpc) is 2.72. The Morgan fingerprint density at radius 3 is 2.38 bits per heavy atom. The van der Waals surface area contributed by atoms with Gasteiger partial charge in [-0.1, -0.05) is 12.1 Å². The van der Waals surface area contributed by atoms with Crippen LogP contribution in [0, 0.1) is 10.1 Å². The summed E-state index contributed by atoms with van der Waals surface area (Å²) in [6.45, 7) is 1.91. The number of hydrogen-bond donors (Lipinski definition) is 0. The minimum Gasteiger partial charge on any atom is -0.462 e. The SMILES string of the molecule is CCOC(=O)c1ccc(N2C(=O)c3cccc4cc([N+](=O)[O-])cc(c34)C2=O)cc1. The molecule has 1 heterocycles. The van der Waals surface area contributed by atoms with Gasteiger partial charge in [-0.2, -0.15) is 0 Å². The van der Waals surface area contributed by atoms with E-state index in [2.05, 4.69) is 0 Å². The quantitative estimate of drug-likeness (QED) is 0.291. The van der Waals surface area contributed by atoms with Crippen molar-refractivity contribution in [2.45, 2.75) is 6.92 Å². The molecule has 0 aromatic heterocycles. The van der Waals surface area contributed by atoms with Gasteiger partial charge in [-0.15, -0.1) is 0 Å². The van der Waals surface area contributed by atoms with E-state index in [4.69, 9.17) is 4.74 Å². The first-order valence-electron chi connectivity index (χ1n) is 8.79. The van der Waals surface area contributed by atoms with Crippen LogP contribution in [0.25, 0.3) is 10.8 Å². The van der Waals surface area contributed by atoms with Crippen molar-refractivity contribution < 1.29 is 24.0 Å². The maximum Gasteiger partial charge on any atom is 0.338 e. The number of rotatable bonds is 4. The number of imide groups is 1. The fraction of sp³-hybridized carbons (Fsp3) is 0.0952. The molecule has 0 aliphatic carbocycles. The normalized spacial score (nSPS) is 12.9. The molecule has 1 aliphatic rings. The lowest BCUT2D eigenvalue weighted by Gasteiger charge is -2.27. The van der Waals surface area contributed by atoms with Crippen LogP contribution in [0.5, 0.6) is 0 Å². The topological polar surface area (TPSA) is 107 Å². The van der Waals surface area contributed by atoms with Gasteiger partial charge in [0.25, 0.3) is 17.5 Å². The van der Waals surface area contributed by atoms with Gasteiger partial charge in [-0.05, 0) is 42.6 Å². The molecule has 29 heavy (non-hydrogen) atoms. The van der Waals surface area contributed by atoms with Gasteiger partial charge >= 0.3 is 5.97 Å². The number of esters is 1. The van der Waals surface area contributed by atoms with Gasteiger partial charge in [0.15, 0.2) is 0 Å². The highest BCUT2D eigenvalue weighted by Gasteiger charge is 2.35. The molecule has 0 N–H and O–H groups in total. The van der Waals surface area contributed by atoms with E-state index in [0.717, 1.165) is 4.90 Å². The summed E-state index contributed by atoms with van der Waals surface area (Å²) >= 11 is 0. The fourth-order valence-electron chi connectivity index (χ4n) is 3.39. The number of nitro benzene ring substituents is 1. The lowest BCUT2D eigenvalue weighted by molar-refractivity contribution is -0.384. The molecule has 0 spiro atoms. The first kappa shape index (κ1) is 18.3. The Bertz CT molecular complexity index is 1200. The molecule has 0 atom stereocenters. The van der Waals surface area contributed by atoms with Gasteiger partial charge < -0.3 is 4.74 Å². The maximum atomic E-state index is 13.1. The van der Waals surface area contributed by atoms with Crippen molar-refractivity contribution in [1.82, 2.24) is 0 Å². The Balaban J connectivity index is 1.83. The summed E-state index contributed by atoms with van der Waals surface area (Å²) in [4.78, 5) is 49.6. The number of nitrogens with zero attached hydrogens (tertiary/aromatic N) is 2. The summed E-state index contributed by atoms with van der Waals surface area (Å²) in [7, 11) is 0. The highest BCUT2D eigenvalue weighted by atomic mass is 16.6. The van der Waals surface area contributed by atoms with Crippen molar-refractivity contribution in [3.63, 3.8) is 0 Å². The van der Waals surface area contributed by atoms with E-state index in [1.165, 1.54) is 36.4 Å². The second kappa shape index (κ2) is 6.83. The second-order valence-corrected chi connectivity index (χ2v) is 6.37. The molecule has 2 amide bonds. The lowest BCUT2D eigenvalue weighted by atomic mass is 9.93. The molecule has 3 aromatic rings. The van der Waals surface area contributed by atoms with Gasteiger partial charge in [0.1, 0.15) is 0 Å². The molecule has 0 fully saturated rings. The zero-order chi connectivity index (χ0) is 20.7. The van der Waals surface area contributed by atoms with Crippen LogP contribution >= 0.6 is 0 Å². The Morgan fingerprint density at radius 2 is 1.72 bits per heavy atom. The van der Waals surface area contributed by atoms with Crippen molar-refractivity contribution in [1.29, 1.82) is 0 Å². The van der Waals surface area contributed by atoms with Gasteiger partial charge in [0, 0.05) is 23.1 Å². The number of carbonyl (C=O) groups is 3. The van der Waals surface area contributed by atoms with E-state index in [0.29, 0.717) is 10.8 Å². The van der Waals surface area contributed by atoms with E-state index in [-0.39, 0.29) is 34.7 Å². The van der Waals surface area contributed by atoms with Crippen molar-refractivity contribution in [3.8, 4) is 0 Å². The van der Waals surface area contributed by atoms with Gasteiger partial charge in [0.2, 0.25) is 0 Å². The molecule has 3 aromatic carbocycles. The van der Waals surface area contributed by atoms with Crippen LogP contribution in [0.3, 0.4) is 0 Å². The van der Waals surface area contributed by atoms with E-state index in [1.54, 1.807) is 25.1 Å². The third kappa shape index (κ3) is 2.91. The summed E-state index contributed by atoms with van der Waals surface area (Å²) < 4.78 is 4.93. The number of hydrogen-bond acceptors (Lipinski definition) is 6. The van der Waals surface area contributed by atoms with Crippen molar-refractivity contribution in [2.75, 3.05) is 11.5 Å². The van der Waals surface area contributed by atoms with Crippen LogP contribution < -0.4 is 4.90 Å². The second-order valence-electron chi connectivity index (χ2n) is 6.37. The van der Waals surface area contributed by atoms with Crippen LogP contribution in [0.4, 0.5) is 11.4 Å². The van der Waals surface area contributed by atoms with Crippen LogP contribution in [-0.4, -0.2) is 29.3 Å². The number of amides is 2. The van der Waals surface area contributed by atoms with E-state index < -0.39 is 22.7 Å². The predicted octanol–water partition coefficient (Wildman–Crippen LogP) is 3.73. The van der Waals surface area contributed by atoms with Crippen molar-refractivity contribution in [2.24, 2.45) is 0 Å². The molecule has 4 rings (SSSR count). The first-order valence-corrected chi connectivity index (χ1v) is 8.79. The summed E-state index contributed by atoms with van der Waals surface area (Å²) in [6, 6.07) is 13.2. The Labute approximate surface area is 164 Å². The predicted molar refractivity (Wildman–Crippen MR) is 104 cm³/mol. The molecule has 0 bridgehead atoms. The first-order chi connectivity index (χ1) is 13.9. The fourth-order valence-corrected chi connectivity index (χ4v) is 3.39. The third-order valence-corrected chi connectivity index (χ3v) is 4.68. The molecule has 1 aliphatic heterocycles. The Kier molecular flexibility index (Phi) is 4.31. The molecule has 0 saturated heterocycles. The summed E-state index contributed by atoms with van der Waals surface area (Å²) in [6.07, 6.45) is 0. The highest BCUT2D eigenvalue weighted by Crippen LogP contribution is 2.35. The van der Waals surface area contributed by atoms with Gasteiger partial charge in [-0.25, -0.2) is 9.69 Å². The summed E-state index contributed by atoms with van der Waals surface area (Å²) in [5.74, 6) is -1.71. The average molecular weight is 390 g/mol. The number of benzene rings is 3. The van der Waals surface area contributed by atoms with E-state index >= 15 is 0 Å². The van der Waals surface area contributed by atoms with Crippen LogP contribution in [0.1, 0.15) is 38.0 Å². The Hall–Kier alpha value is -4.07. The molecule has 144 valence electrons. The molecule has 0 radical (unpaired) electrons.